The molecule has 0 spiro atoms. The molecule has 0 amide bonds. The average molecular weight is 421 g/mol. The van der Waals surface area contributed by atoms with E-state index in [2.05, 4.69) is 0 Å². The Morgan fingerprint density at radius 2 is 1.48 bits per heavy atom. The molecule has 2 aromatic rings. The van der Waals surface area contributed by atoms with Crippen molar-refractivity contribution in [1.82, 2.24) is 0 Å². The minimum atomic E-state index is -1.06. The lowest BCUT2D eigenvalue weighted by Gasteiger charge is -2.42. The minimum Gasteiger partial charge on any atom is -0.463 e. The van der Waals surface area contributed by atoms with Gasteiger partial charge in [-0.2, -0.15) is 0 Å². The molecule has 0 aliphatic carbocycles. The topological polar surface area (TPSA) is 74.2 Å². The van der Waals surface area contributed by atoms with Crippen LogP contribution in [0.2, 0.25) is 0 Å². The molecule has 156 valence electrons. The van der Waals surface area contributed by atoms with E-state index in [1.165, 1.54) is 6.92 Å². The second kappa shape index (κ2) is 10.7. The molecular weight excluding hydrogens is 396 g/mol. The van der Waals surface area contributed by atoms with Gasteiger partial charge in [-0.3, -0.25) is 4.79 Å². The number of aliphatic hydroxyl groups is 1. The van der Waals surface area contributed by atoms with Crippen LogP contribution in [0.25, 0.3) is 0 Å². The van der Waals surface area contributed by atoms with Crippen LogP contribution in [0.4, 0.5) is 0 Å². The Morgan fingerprint density at radius 1 is 0.966 bits per heavy atom. The summed E-state index contributed by atoms with van der Waals surface area (Å²) in [6, 6.07) is 19.1. The van der Waals surface area contributed by atoms with E-state index in [1.807, 2.05) is 60.7 Å². The van der Waals surface area contributed by atoms with E-state index < -0.39 is 35.9 Å². The fraction of sp³-hybridized carbons (Fsp3) is 0.409. The number of hydrogen-bond donors (Lipinski definition) is 1. The van der Waals surface area contributed by atoms with E-state index in [4.69, 9.17) is 30.5 Å². The molecule has 1 aliphatic heterocycles. The maximum absolute atomic E-state index is 11.2. The molecule has 3 rings (SSSR count). The second-order valence-corrected chi connectivity index (χ2v) is 7.27. The van der Waals surface area contributed by atoms with Gasteiger partial charge in [-0.05, 0) is 11.1 Å². The zero-order chi connectivity index (χ0) is 20.6. The molecule has 5 atom stereocenters. The molecule has 0 bridgehead atoms. The van der Waals surface area contributed by atoms with Crippen LogP contribution in [0, 0.1) is 0 Å². The summed E-state index contributed by atoms with van der Waals surface area (Å²) in [5, 5.41) is 10.9. The Hall–Kier alpha value is -1.96. The molecule has 0 saturated carbocycles. The minimum absolute atomic E-state index is 0.0690. The quantitative estimate of drug-likeness (QED) is 0.522. The van der Waals surface area contributed by atoms with E-state index >= 15 is 0 Å². The van der Waals surface area contributed by atoms with Crippen LogP contribution in [-0.2, 0) is 37.0 Å². The Labute approximate surface area is 175 Å². The maximum atomic E-state index is 11.2. The Bertz CT molecular complexity index is 756. The van der Waals surface area contributed by atoms with E-state index in [0.717, 1.165) is 11.1 Å². The van der Waals surface area contributed by atoms with Crippen molar-refractivity contribution in [2.24, 2.45) is 0 Å². The predicted octanol–water partition coefficient (Wildman–Crippen LogP) is 3.04. The van der Waals surface area contributed by atoms with Crippen molar-refractivity contribution >= 4 is 17.6 Å². The van der Waals surface area contributed by atoms with Crippen molar-refractivity contribution in [3.8, 4) is 0 Å². The molecule has 0 aromatic heterocycles. The fourth-order valence-electron chi connectivity index (χ4n) is 3.13. The van der Waals surface area contributed by atoms with Crippen molar-refractivity contribution in [3.05, 3.63) is 71.8 Å². The summed E-state index contributed by atoms with van der Waals surface area (Å²) in [7, 11) is 0. The summed E-state index contributed by atoms with van der Waals surface area (Å²) in [5.74, 6) is -0.446. The smallest absolute Gasteiger partial charge is 0.302 e. The number of alkyl halides is 1. The predicted molar refractivity (Wildman–Crippen MR) is 107 cm³/mol. The fourth-order valence-corrected chi connectivity index (χ4v) is 3.48. The first-order valence-corrected chi connectivity index (χ1v) is 9.90. The van der Waals surface area contributed by atoms with Gasteiger partial charge in [-0.1, -0.05) is 72.3 Å². The highest BCUT2D eigenvalue weighted by Gasteiger charge is 2.46. The van der Waals surface area contributed by atoms with Crippen LogP contribution in [0.1, 0.15) is 18.1 Å². The third-order valence-electron chi connectivity index (χ3n) is 4.62. The van der Waals surface area contributed by atoms with Gasteiger partial charge in [0.05, 0.1) is 13.2 Å². The zero-order valence-corrected chi connectivity index (χ0v) is 16.9. The van der Waals surface area contributed by atoms with E-state index in [1.54, 1.807) is 0 Å². The Morgan fingerprint density at radius 3 is 2.00 bits per heavy atom. The maximum Gasteiger partial charge on any atom is 0.302 e. The van der Waals surface area contributed by atoms with Gasteiger partial charge in [0.2, 0.25) is 0 Å². The van der Waals surface area contributed by atoms with Gasteiger partial charge in [-0.15, -0.1) is 0 Å². The second-order valence-electron chi connectivity index (χ2n) is 6.84. The van der Waals surface area contributed by atoms with Crippen LogP contribution in [0.15, 0.2) is 60.7 Å². The van der Waals surface area contributed by atoms with Gasteiger partial charge in [-0.25, -0.2) is 0 Å². The lowest BCUT2D eigenvalue weighted by Crippen LogP contribution is -2.59. The first kappa shape index (κ1) is 21.7. The SMILES string of the molecule is CC(=O)OCC1O[C@H](Cl)[C@H](OCc2ccccc2)C(O)[C@@H]1OCc1ccccc1. The lowest BCUT2D eigenvalue weighted by molar-refractivity contribution is -0.241. The van der Waals surface area contributed by atoms with Crippen molar-refractivity contribution in [1.29, 1.82) is 0 Å². The van der Waals surface area contributed by atoms with E-state index in [9.17, 15) is 9.90 Å². The molecule has 1 heterocycles. The lowest BCUT2D eigenvalue weighted by atomic mass is 9.99. The van der Waals surface area contributed by atoms with E-state index in [-0.39, 0.29) is 19.8 Å². The highest BCUT2D eigenvalue weighted by molar-refractivity contribution is 6.20. The number of carbonyl (C=O) groups excluding carboxylic acids is 1. The molecule has 29 heavy (non-hydrogen) atoms. The first-order valence-electron chi connectivity index (χ1n) is 9.46. The van der Waals surface area contributed by atoms with Crippen LogP contribution in [0.5, 0.6) is 0 Å². The number of rotatable bonds is 8. The average Bonchev–Trinajstić information content (AvgIpc) is 2.73. The molecule has 0 radical (unpaired) electrons. The molecule has 2 unspecified atom stereocenters. The third kappa shape index (κ3) is 6.26. The van der Waals surface area contributed by atoms with Gasteiger partial charge in [0.1, 0.15) is 31.0 Å². The summed E-state index contributed by atoms with van der Waals surface area (Å²) >= 11 is 6.33. The molecular formula is C22H25ClO6. The number of hydrogen-bond acceptors (Lipinski definition) is 6. The molecule has 6 nitrogen and oxygen atoms in total. The van der Waals surface area contributed by atoms with Crippen LogP contribution < -0.4 is 0 Å². The number of halogens is 1. The number of benzene rings is 2. The highest BCUT2D eigenvalue weighted by Crippen LogP contribution is 2.29. The van der Waals surface area contributed by atoms with Gasteiger partial charge < -0.3 is 24.1 Å². The van der Waals surface area contributed by atoms with E-state index in [0.29, 0.717) is 0 Å². The normalized spacial score (nSPS) is 26.8. The van der Waals surface area contributed by atoms with Crippen molar-refractivity contribution in [3.63, 3.8) is 0 Å². The third-order valence-corrected chi connectivity index (χ3v) is 4.98. The Kier molecular flexibility index (Phi) is 8.03. The standard InChI is InChI=1S/C22H25ClO6/c1-15(24)26-14-18-20(27-12-16-8-4-2-5-9-16)19(25)21(22(23)29-18)28-13-17-10-6-3-7-11-17/h2-11,18-22,25H,12-14H2,1H3/t18?,19?,20-,21-,22+/m1/s1. The van der Waals surface area contributed by atoms with Crippen molar-refractivity contribution in [2.75, 3.05) is 6.61 Å². The molecule has 7 heteroatoms. The van der Waals surface area contributed by atoms with Gasteiger partial charge in [0.25, 0.3) is 0 Å². The van der Waals surface area contributed by atoms with Crippen molar-refractivity contribution in [2.45, 2.75) is 50.1 Å². The number of aliphatic hydroxyl groups excluding tert-OH is 1. The number of ether oxygens (including phenoxy) is 4. The summed E-state index contributed by atoms with van der Waals surface area (Å²) in [5.41, 5.74) is 0.985. The Balaban J connectivity index is 1.68. The zero-order valence-electron chi connectivity index (χ0n) is 16.1. The molecule has 2 aromatic carbocycles. The van der Waals surface area contributed by atoms with Gasteiger partial charge in [0, 0.05) is 6.92 Å². The molecule has 1 aliphatic rings. The summed E-state index contributed by atoms with van der Waals surface area (Å²) in [6.45, 7) is 1.78. The first-order chi connectivity index (χ1) is 14.0. The number of carbonyl (C=O) groups is 1. The molecule has 1 saturated heterocycles. The van der Waals surface area contributed by atoms with Crippen LogP contribution in [0.3, 0.4) is 0 Å². The summed E-state index contributed by atoms with van der Waals surface area (Å²) in [6.07, 6.45) is -3.34. The monoisotopic (exact) mass is 420 g/mol. The van der Waals surface area contributed by atoms with Gasteiger partial charge in [0.15, 0.2) is 5.56 Å². The summed E-state index contributed by atoms with van der Waals surface area (Å²) < 4.78 is 22.7. The molecule has 1 fully saturated rings. The number of esters is 1. The van der Waals surface area contributed by atoms with Gasteiger partial charge >= 0.3 is 5.97 Å². The highest BCUT2D eigenvalue weighted by atomic mass is 35.5. The van der Waals surface area contributed by atoms with Crippen molar-refractivity contribution < 1.29 is 28.8 Å². The molecule has 1 N–H and O–H groups in total. The van der Waals surface area contributed by atoms with Crippen LogP contribution in [-0.4, -0.2) is 47.7 Å². The largest absolute Gasteiger partial charge is 0.463 e. The van der Waals surface area contributed by atoms with Crippen LogP contribution >= 0.6 is 11.6 Å². The summed E-state index contributed by atoms with van der Waals surface area (Å²) in [4.78, 5) is 11.2.